The van der Waals surface area contributed by atoms with E-state index in [1.807, 2.05) is 6.92 Å². The molecule has 2 N–H and O–H groups in total. The van der Waals surface area contributed by atoms with E-state index in [0.717, 1.165) is 19.3 Å². The lowest BCUT2D eigenvalue weighted by Gasteiger charge is -2.40. The van der Waals surface area contributed by atoms with Gasteiger partial charge in [-0.2, -0.15) is 0 Å². The smallest absolute Gasteiger partial charge is 0.257 e. The highest BCUT2D eigenvalue weighted by Gasteiger charge is 2.32. The number of nitrogens with zero attached hydrogens (tertiary/aromatic N) is 1. The molecule has 104 valence electrons. The van der Waals surface area contributed by atoms with E-state index in [2.05, 4.69) is 0 Å². The first-order valence-electron chi connectivity index (χ1n) is 6.84. The fourth-order valence-electron chi connectivity index (χ4n) is 2.84. The standard InChI is InChI=1S/C15H21FN2O/c1-10-5-3-8-13(14(10)16)15(19)18-11(2)6-4-7-12(18)9-17/h3,5,8,11-12H,4,6-7,9,17H2,1-2H3. The number of carbonyl (C=O) groups is 1. The Hall–Kier alpha value is -1.42. The summed E-state index contributed by atoms with van der Waals surface area (Å²) in [7, 11) is 0. The normalized spacial score (nSPS) is 23.5. The van der Waals surface area contributed by atoms with Gasteiger partial charge in [-0.1, -0.05) is 12.1 Å². The number of hydrogen-bond donors (Lipinski definition) is 1. The Morgan fingerprint density at radius 2 is 2.21 bits per heavy atom. The monoisotopic (exact) mass is 264 g/mol. The summed E-state index contributed by atoms with van der Waals surface area (Å²) in [6, 6.07) is 5.09. The van der Waals surface area contributed by atoms with E-state index in [-0.39, 0.29) is 23.6 Å². The predicted molar refractivity (Wildman–Crippen MR) is 73.5 cm³/mol. The first-order chi connectivity index (χ1) is 9.06. The van der Waals surface area contributed by atoms with Crippen molar-refractivity contribution in [2.75, 3.05) is 6.54 Å². The SMILES string of the molecule is Cc1cccc(C(=O)N2C(C)CCCC2CN)c1F. The Morgan fingerprint density at radius 3 is 2.89 bits per heavy atom. The number of aryl methyl sites for hydroxylation is 1. The van der Waals surface area contributed by atoms with Crippen molar-refractivity contribution >= 4 is 5.91 Å². The molecule has 0 aromatic heterocycles. The Bertz CT molecular complexity index is 475. The average Bonchev–Trinajstić information content (AvgIpc) is 2.40. The highest BCUT2D eigenvalue weighted by molar-refractivity contribution is 5.95. The lowest BCUT2D eigenvalue weighted by molar-refractivity contribution is 0.0489. The number of hydrogen-bond acceptors (Lipinski definition) is 2. The van der Waals surface area contributed by atoms with Crippen LogP contribution in [0.3, 0.4) is 0 Å². The topological polar surface area (TPSA) is 46.3 Å². The van der Waals surface area contributed by atoms with E-state index in [1.54, 1.807) is 30.0 Å². The zero-order valence-corrected chi connectivity index (χ0v) is 11.5. The summed E-state index contributed by atoms with van der Waals surface area (Å²) in [6.45, 7) is 4.11. The number of rotatable bonds is 2. The third kappa shape index (κ3) is 2.63. The van der Waals surface area contributed by atoms with Crippen LogP contribution in [0, 0.1) is 12.7 Å². The molecule has 2 atom stereocenters. The first kappa shape index (κ1) is 14.0. The highest BCUT2D eigenvalue weighted by Crippen LogP contribution is 2.25. The van der Waals surface area contributed by atoms with E-state index in [4.69, 9.17) is 5.73 Å². The second-order valence-corrected chi connectivity index (χ2v) is 5.32. The predicted octanol–water partition coefficient (Wildman–Crippen LogP) is 2.48. The molecular weight excluding hydrogens is 243 g/mol. The first-order valence-corrected chi connectivity index (χ1v) is 6.84. The fourth-order valence-corrected chi connectivity index (χ4v) is 2.84. The fraction of sp³-hybridized carbons (Fsp3) is 0.533. The van der Waals surface area contributed by atoms with Crippen LogP contribution in [0.15, 0.2) is 18.2 Å². The van der Waals surface area contributed by atoms with E-state index in [9.17, 15) is 9.18 Å². The van der Waals surface area contributed by atoms with Gasteiger partial charge in [0.15, 0.2) is 0 Å². The summed E-state index contributed by atoms with van der Waals surface area (Å²) >= 11 is 0. The van der Waals surface area contributed by atoms with Crippen molar-refractivity contribution in [2.45, 2.75) is 45.2 Å². The van der Waals surface area contributed by atoms with Gasteiger partial charge < -0.3 is 10.6 Å². The minimum Gasteiger partial charge on any atom is -0.332 e. The third-order valence-electron chi connectivity index (χ3n) is 3.96. The van der Waals surface area contributed by atoms with Gasteiger partial charge in [0.25, 0.3) is 5.91 Å². The summed E-state index contributed by atoms with van der Waals surface area (Å²) in [5.74, 6) is -0.648. The molecule has 1 aliphatic rings. The van der Waals surface area contributed by atoms with Gasteiger partial charge in [0.1, 0.15) is 5.82 Å². The number of nitrogens with two attached hydrogens (primary N) is 1. The van der Waals surface area contributed by atoms with Gasteiger partial charge >= 0.3 is 0 Å². The molecule has 1 amide bonds. The summed E-state index contributed by atoms with van der Waals surface area (Å²) in [4.78, 5) is 14.3. The zero-order chi connectivity index (χ0) is 14.0. The Balaban J connectivity index is 2.33. The Labute approximate surface area is 113 Å². The van der Waals surface area contributed by atoms with Crippen LogP contribution in [0.5, 0.6) is 0 Å². The van der Waals surface area contributed by atoms with E-state index in [0.29, 0.717) is 12.1 Å². The van der Waals surface area contributed by atoms with Crippen LogP contribution in [-0.4, -0.2) is 29.4 Å². The molecule has 0 saturated carbocycles. The van der Waals surface area contributed by atoms with Crippen molar-refractivity contribution < 1.29 is 9.18 Å². The van der Waals surface area contributed by atoms with Crippen LogP contribution in [0.4, 0.5) is 4.39 Å². The Kier molecular flexibility index (Phi) is 4.20. The van der Waals surface area contributed by atoms with Crippen LogP contribution in [0.25, 0.3) is 0 Å². The minimum atomic E-state index is -0.416. The molecule has 4 heteroatoms. The molecule has 1 heterocycles. The molecule has 2 rings (SSSR count). The summed E-state index contributed by atoms with van der Waals surface area (Å²) in [6.07, 6.45) is 2.93. The molecule has 0 aliphatic carbocycles. The number of carbonyl (C=O) groups excluding carboxylic acids is 1. The molecule has 1 aromatic rings. The summed E-state index contributed by atoms with van der Waals surface area (Å²) < 4.78 is 14.1. The van der Waals surface area contributed by atoms with Crippen LogP contribution in [-0.2, 0) is 0 Å². The molecule has 1 aromatic carbocycles. The number of amides is 1. The second kappa shape index (κ2) is 5.70. The lowest BCUT2D eigenvalue weighted by Crippen LogP contribution is -2.52. The maximum atomic E-state index is 14.1. The molecule has 0 radical (unpaired) electrons. The minimum absolute atomic E-state index is 0.0242. The van der Waals surface area contributed by atoms with Crippen molar-refractivity contribution in [1.29, 1.82) is 0 Å². The maximum absolute atomic E-state index is 14.1. The van der Waals surface area contributed by atoms with E-state index in [1.165, 1.54) is 0 Å². The molecule has 19 heavy (non-hydrogen) atoms. The average molecular weight is 264 g/mol. The lowest BCUT2D eigenvalue weighted by atomic mass is 9.95. The van der Waals surface area contributed by atoms with Crippen LogP contribution in [0.1, 0.15) is 42.1 Å². The molecule has 1 fully saturated rings. The quantitative estimate of drug-likeness (QED) is 0.892. The molecule has 2 unspecified atom stereocenters. The van der Waals surface area contributed by atoms with Gasteiger partial charge in [-0.05, 0) is 44.7 Å². The van der Waals surface area contributed by atoms with Gasteiger partial charge in [-0.15, -0.1) is 0 Å². The summed E-state index contributed by atoms with van der Waals surface area (Å²) in [5.41, 5.74) is 6.41. The number of likely N-dealkylation sites (tertiary alicyclic amines) is 1. The van der Waals surface area contributed by atoms with Crippen LogP contribution < -0.4 is 5.73 Å². The number of halogens is 1. The van der Waals surface area contributed by atoms with Crippen molar-refractivity contribution in [3.63, 3.8) is 0 Å². The molecule has 1 saturated heterocycles. The molecule has 0 spiro atoms. The summed E-state index contributed by atoms with van der Waals surface area (Å²) in [5, 5.41) is 0. The molecule has 1 aliphatic heterocycles. The van der Waals surface area contributed by atoms with Crippen molar-refractivity contribution in [3.05, 3.63) is 35.1 Å². The Morgan fingerprint density at radius 1 is 1.47 bits per heavy atom. The van der Waals surface area contributed by atoms with Gasteiger partial charge in [0, 0.05) is 18.6 Å². The largest absolute Gasteiger partial charge is 0.332 e. The van der Waals surface area contributed by atoms with Gasteiger partial charge in [-0.3, -0.25) is 4.79 Å². The van der Waals surface area contributed by atoms with Crippen LogP contribution in [0.2, 0.25) is 0 Å². The second-order valence-electron chi connectivity index (χ2n) is 5.32. The molecule has 3 nitrogen and oxygen atoms in total. The van der Waals surface area contributed by atoms with E-state index < -0.39 is 5.82 Å². The van der Waals surface area contributed by atoms with Crippen molar-refractivity contribution in [1.82, 2.24) is 4.90 Å². The number of benzene rings is 1. The van der Waals surface area contributed by atoms with Gasteiger partial charge in [-0.25, -0.2) is 4.39 Å². The van der Waals surface area contributed by atoms with Crippen molar-refractivity contribution in [3.8, 4) is 0 Å². The van der Waals surface area contributed by atoms with Gasteiger partial charge in [0.05, 0.1) is 5.56 Å². The molecule has 0 bridgehead atoms. The maximum Gasteiger partial charge on any atom is 0.257 e. The highest BCUT2D eigenvalue weighted by atomic mass is 19.1. The third-order valence-corrected chi connectivity index (χ3v) is 3.96. The molecular formula is C15H21FN2O. The van der Waals surface area contributed by atoms with E-state index >= 15 is 0 Å². The zero-order valence-electron chi connectivity index (χ0n) is 11.5. The number of piperidine rings is 1. The van der Waals surface area contributed by atoms with Gasteiger partial charge in [0.2, 0.25) is 0 Å². The van der Waals surface area contributed by atoms with Crippen LogP contribution >= 0.6 is 0 Å². The van der Waals surface area contributed by atoms with Crippen molar-refractivity contribution in [2.24, 2.45) is 5.73 Å².